The Morgan fingerprint density at radius 3 is 2.83 bits per heavy atom. The molecule has 0 saturated heterocycles. The Hall–Kier alpha value is -0.480. The maximum Gasteiger partial charge on any atom is 0.252 e. The molecule has 0 spiro atoms. The van der Waals surface area contributed by atoms with Gasteiger partial charge in [-0.05, 0) is 65.4 Å². The lowest BCUT2D eigenvalue weighted by Crippen LogP contribution is -2.33. The van der Waals surface area contributed by atoms with Crippen LogP contribution in [-0.4, -0.2) is 23.5 Å². The molecule has 1 aromatic rings. The number of carbonyl (C=O) groups is 1. The van der Waals surface area contributed by atoms with Gasteiger partial charge in [0.2, 0.25) is 0 Å². The minimum atomic E-state index is -0.00382. The molecule has 0 aromatic heterocycles. The third-order valence-electron chi connectivity index (χ3n) is 2.65. The van der Waals surface area contributed by atoms with E-state index in [1.165, 1.54) is 0 Å². The third-order valence-corrected chi connectivity index (χ3v) is 4.23. The molecule has 0 fully saturated rings. The maximum atomic E-state index is 12.1. The Morgan fingerprint density at radius 2 is 2.22 bits per heavy atom. The molecule has 2 nitrogen and oxygen atoms in total. The number of thioether (sulfide) groups is 1. The molecule has 18 heavy (non-hydrogen) atoms. The second-order valence-corrected chi connectivity index (χ2v) is 6.59. The summed E-state index contributed by atoms with van der Waals surface area (Å²) in [6.07, 6.45) is 1.01. The molecule has 100 valence electrons. The molecule has 1 N–H and O–H groups in total. The lowest BCUT2D eigenvalue weighted by Gasteiger charge is -2.14. The van der Waals surface area contributed by atoms with Crippen molar-refractivity contribution in [1.82, 2.24) is 5.32 Å². The van der Waals surface area contributed by atoms with E-state index >= 15 is 0 Å². The Balaban J connectivity index is 2.54. The van der Waals surface area contributed by atoms with E-state index in [1.807, 2.05) is 36.9 Å². The molecule has 1 unspecified atom stereocenters. The van der Waals surface area contributed by atoms with Crippen molar-refractivity contribution in [1.29, 1.82) is 0 Å². The fraction of sp³-hybridized carbons (Fsp3) is 0.500. The Morgan fingerprint density at radius 1 is 1.50 bits per heavy atom. The minimum Gasteiger partial charge on any atom is -0.350 e. The lowest BCUT2D eigenvalue weighted by molar-refractivity contribution is 0.0939. The highest BCUT2D eigenvalue weighted by Gasteiger charge is 2.12. The summed E-state index contributed by atoms with van der Waals surface area (Å²) in [7, 11) is 0. The molecule has 0 saturated carbocycles. The first-order chi connectivity index (χ1) is 8.54. The van der Waals surface area contributed by atoms with E-state index in [0.29, 0.717) is 5.56 Å². The van der Waals surface area contributed by atoms with Gasteiger partial charge in [-0.2, -0.15) is 11.8 Å². The summed E-state index contributed by atoms with van der Waals surface area (Å²) in [5.74, 6) is 2.22. The zero-order valence-electron chi connectivity index (χ0n) is 11.1. The van der Waals surface area contributed by atoms with Gasteiger partial charge in [0.25, 0.3) is 5.91 Å². The lowest BCUT2D eigenvalue weighted by atomic mass is 10.1. The highest BCUT2D eigenvalue weighted by Crippen LogP contribution is 2.18. The number of amides is 1. The van der Waals surface area contributed by atoms with Crippen LogP contribution < -0.4 is 5.32 Å². The van der Waals surface area contributed by atoms with E-state index in [-0.39, 0.29) is 11.9 Å². The zero-order chi connectivity index (χ0) is 13.5. The number of aryl methyl sites for hydroxylation is 1. The fourth-order valence-electron chi connectivity index (χ4n) is 1.58. The van der Waals surface area contributed by atoms with Gasteiger partial charge in [-0.15, -0.1) is 0 Å². The standard InChI is InChI=1S/C14H20BrNOS/c1-4-18-8-7-11(3)16-14(17)12-6-5-10(2)9-13(12)15/h5-6,9,11H,4,7-8H2,1-3H3,(H,16,17). The Bertz CT molecular complexity index is 409. The first-order valence-corrected chi connectivity index (χ1v) is 8.14. The normalized spacial score (nSPS) is 12.2. The molecule has 0 bridgehead atoms. The van der Waals surface area contributed by atoms with Crippen LogP contribution in [0.2, 0.25) is 0 Å². The summed E-state index contributed by atoms with van der Waals surface area (Å²) in [5, 5.41) is 3.03. The van der Waals surface area contributed by atoms with Crippen LogP contribution in [0.1, 0.15) is 36.2 Å². The molecule has 1 aromatic carbocycles. The van der Waals surface area contributed by atoms with Gasteiger partial charge in [-0.1, -0.05) is 13.0 Å². The predicted octanol–water partition coefficient (Wildman–Crippen LogP) is 4.02. The van der Waals surface area contributed by atoms with E-state index in [2.05, 4.69) is 35.1 Å². The van der Waals surface area contributed by atoms with Gasteiger partial charge < -0.3 is 5.32 Å². The summed E-state index contributed by atoms with van der Waals surface area (Å²) in [4.78, 5) is 12.1. The third kappa shape index (κ3) is 5.02. The molecule has 4 heteroatoms. The summed E-state index contributed by atoms with van der Waals surface area (Å²) >= 11 is 5.34. The second-order valence-electron chi connectivity index (χ2n) is 4.34. The molecule has 1 rings (SSSR count). The van der Waals surface area contributed by atoms with Gasteiger partial charge in [-0.3, -0.25) is 4.79 Å². The molecular formula is C14H20BrNOS. The van der Waals surface area contributed by atoms with Crippen molar-refractivity contribution in [3.05, 3.63) is 33.8 Å². The largest absolute Gasteiger partial charge is 0.350 e. The topological polar surface area (TPSA) is 29.1 Å². The maximum absolute atomic E-state index is 12.1. The second kappa shape index (κ2) is 7.85. The smallest absolute Gasteiger partial charge is 0.252 e. The van der Waals surface area contributed by atoms with E-state index < -0.39 is 0 Å². The number of benzene rings is 1. The number of hydrogen-bond donors (Lipinski definition) is 1. The van der Waals surface area contributed by atoms with Crippen molar-refractivity contribution in [3.63, 3.8) is 0 Å². The summed E-state index contributed by atoms with van der Waals surface area (Å²) in [5.41, 5.74) is 1.85. The molecule has 0 aliphatic heterocycles. The summed E-state index contributed by atoms with van der Waals surface area (Å²) in [6, 6.07) is 6.00. The molecule has 1 amide bonds. The average Bonchev–Trinajstić information content (AvgIpc) is 2.28. The van der Waals surface area contributed by atoms with Crippen molar-refractivity contribution in [2.45, 2.75) is 33.2 Å². The first kappa shape index (κ1) is 15.6. The fourth-order valence-corrected chi connectivity index (χ4v) is 3.06. The van der Waals surface area contributed by atoms with Crippen LogP contribution in [0.4, 0.5) is 0 Å². The van der Waals surface area contributed by atoms with Crippen molar-refractivity contribution in [2.24, 2.45) is 0 Å². The summed E-state index contributed by atoms with van der Waals surface area (Å²) in [6.45, 7) is 6.21. The zero-order valence-corrected chi connectivity index (χ0v) is 13.5. The van der Waals surface area contributed by atoms with Gasteiger partial charge >= 0.3 is 0 Å². The van der Waals surface area contributed by atoms with Crippen molar-refractivity contribution in [2.75, 3.05) is 11.5 Å². The highest BCUT2D eigenvalue weighted by atomic mass is 79.9. The Labute approximate surface area is 122 Å². The molecule has 0 heterocycles. The highest BCUT2D eigenvalue weighted by molar-refractivity contribution is 9.10. The van der Waals surface area contributed by atoms with Crippen molar-refractivity contribution >= 4 is 33.6 Å². The van der Waals surface area contributed by atoms with E-state index in [9.17, 15) is 4.79 Å². The van der Waals surface area contributed by atoms with Crippen LogP contribution in [0, 0.1) is 6.92 Å². The van der Waals surface area contributed by atoms with E-state index in [0.717, 1.165) is 28.0 Å². The monoisotopic (exact) mass is 329 g/mol. The van der Waals surface area contributed by atoms with Crippen LogP contribution in [-0.2, 0) is 0 Å². The number of halogens is 1. The summed E-state index contributed by atoms with van der Waals surface area (Å²) < 4.78 is 0.857. The van der Waals surface area contributed by atoms with Crippen LogP contribution in [0.15, 0.2) is 22.7 Å². The predicted molar refractivity (Wildman–Crippen MR) is 83.4 cm³/mol. The van der Waals surface area contributed by atoms with Gasteiger partial charge in [0.05, 0.1) is 5.56 Å². The van der Waals surface area contributed by atoms with Gasteiger partial charge in [0.1, 0.15) is 0 Å². The SMILES string of the molecule is CCSCCC(C)NC(=O)c1ccc(C)cc1Br. The number of carbonyl (C=O) groups excluding carboxylic acids is 1. The first-order valence-electron chi connectivity index (χ1n) is 6.19. The molecule has 0 aliphatic rings. The van der Waals surface area contributed by atoms with Crippen LogP contribution >= 0.6 is 27.7 Å². The Kier molecular flexibility index (Phi) is 6.79. The number of rotatable bonds is 6. The van der Waals surface area contributed by atoms with Gasteiger partial charge in [0.15, 0.2) is 0 Å². The molecule has 1 atom stereocenters. The van der Waals surface area contributed by atoms with E-state index in [4.69, 9.17) is 0 Å². The van der Waals surface area contributed by atoms with Gasteiger partial charge in [-0.25, -0.2) is 0 Å². The van der Waals surface area contributed by atoms with Gasteiger partial charge in [0, 0.05) is 10.5 Å². The average molecular weight is 330 g/mol. The van der Waals surface area contributed by atoms with E-state index in [1.54, 1.807) is 0 Å². The van der Waals surface area contributed by atoms with Crippen molar-refractivity contribution < 1.29 is 4.79 Å². The number of nitrogens with one attached hydrogen (secondary N) is 1. The molecule has 0 radical (unpaired) electrons. The quantitative estimate of drug-likeness (QED) is 0.798. The molecule has 0 aliphatic carbocycles. The van der Waals surface area contributed by atoms with Crippen molar-refractivity contribution in [3.8, 4) is 0 Å². The van der Waals surface area contributed by atoms with Crippen LogP contribution in [0.25, 0.3) is 0 Å². The van der Waals surface area contributed by atoms with Crippen LogP contribution in [0.5, 0.6) is 0 Å². The number of hydrogen-bond acceptors (Lipinski definition) is 2. The molecular weight excluding hydrogens is 310 g/mol. The minimum absolute atomic E-state index is 0.00382. The van der Waals surface area contributed by atoms with Crippen LogP contribution in [0.3, 0.4) is 0 Å².